The Labute approximate surface area is 152 Å². The van der Waals surface area contributed by atoms with Crippen molar-refractivity contribution < 1.29 is 9.47 Å². The normalized spacial score (nSPS) is 19.4. The lowest BCUT2D eigenvalue weighted by molar-refractivity contribution is -0.169. The van der Waals surface area contributed by atoms with Crippen molar-refractivity contribution in [3.63, 3.8) is 0 Å². The van der Waals surface area contributed by atoms with Gasteiger partial charge in [0.2, 0.25) is 5.95 Å². The molecule has 1 spiro atoms. The van der Waals surface area contributed by atoms with Crippen molar-refractivity contribution in [3.05, 3.63) is 41.0 Å². The van der Waals surface area contributed by atoms with Crippen molar-refractivity contribution in [2.45, 2.75) is 25.6 Å². The summed E-state index contributed by atoms with van der Waals surface area (Å²) >= 11 is 6.04. The predicted molar refractivity (Wildman–Crippen MR) is 97.6 cm³/mol. The maximum atomic E-state index is 6.04. The molecule has 4 rings (SSSR count). The molecule has 6 nitrogen and oxygen atoms in total. The molecule has 2 fully saturated rings. The summed E-state index contributed by atoms with van der Waals surface area (Å²) in [6.45, 7) is 5.07. The van der Waals surface area contributed by atoms with Crippen LogP contribution in [0.4, 0.5) is 17.5 Å². The molecule has 2 aromatic rings. The van der Waals surface area contributed by atoms with Gasteiger partial charge in [0, 0.05) is 48.4 Å². The number of aromatic nitrogens is 2. The second-order valence-corrected chi connectivity index (χ2v) is 6.86. The summed E-state index contributed by atoms with van der Waals surface area (Å²) in [5.41, 5.74) is 1.79. The number of benzene rings is 1. The molecule has 3 heterocycles. The van der Waals surface area contributed by atoms with Crippen LogP contribution in [0.5, 0.6) is 0 Å². The maximum Gasteiger partial charge on any atom is 0.229 e. The van der Waals surface area contributed by atoms with Crippen molar-refractivity contribution >= 4 is 29.1 Å². The third kappa shape index (κ3) is 3.71. The third-order valence-corrected chi connectivity index (χ3v) is 4.82. The van der Waals surface area contributed by atoms with Gasteiger partial charge in [-0.15, -0.1) is 0 Å². The molecule has 0 radical (unpaired) electrons. The van der Waals surface area contributed by atoms with Crippen molar-refractivity contribution in [2.75, 3.05) is 36.5 Å². The van der Waals surface area contributed by atoms with E-state index in [1.807, 2.05) is 37.3 Å². The Morgan fingerprint density at radius 3 is 2.60 bits per heavy atom. The number of nitrogens with zero attached hydrogens (tertiary/aromatic N) is 3. The van der Waals surface area contributed by atoms with E-state index >= 15 is 0 Å². The van der Waals surface area contributed by atoms with Crippen LogP contribution in [0.1, 0.15) is 18.5 Å². The molecule has 2 aliphatic rings. The SMILES string of the molecule is Cc1cc(N2CCC3(CC2)OCCO3)nc(Nc2cccc(Cl)c2)n1. The van der Waals surface area contributed by atoms with Crippen LogP contribution >= 0.6 is 11.6 Å². The van der Waals surface area contributed by atoms with E-state index in [1.165, 1.54) is 0 Å². The number of nitrogens with one attached hydrogen (secondary N) is 1. The highest BCUT2D eigenvalue weighted by molar-refractivity contribution is 6.30. The molecular formula is C18H21ClN4O2. The molecule has 2 saturated heterocycles. The lowest BCUT2D eigenvalue weighted by Gasteiger charge is -2.38. The lowest BCUT2D eigenvalue weighted by Crippen LogP contribution is -2.45. The standard InChI is InChI=1S/C18H21ClN4O2/c1-13-11-16(23-7-5-18(6-8-23)24-9-10-25-18)22-17(20-13)21-15-4-2-3-14(19)12-15/h2-4,11-12H,5-10H2,1H3,(H,20,21,22). The van der Waals surface area contributed by atoms with Gasteiger partial charge >= 0.3 is 0 Å². The van der Waals surface area contributed by atoms with E-state index < -0.39 is 0 Å². The van der Waals surface area contributed by atoms with E-state index in [9.17, 15) is 0 Å². The van der Waals surface area contributed by atoms with Crippen LogP contribution in [0.3, 0.4) is 0 Å². The number of aryl methyl sites for hydroxylation is 1. The molecule has 0 atom stereocenters. The monoisotopic (exact) mass is 360 g/mol. The third-order valence-electron chi connectivity index (χ3n) is 4.58. The zero-order valence-electron chi connectivity index (χ0n) is 14.2. The highest BCUT2D eigenvalue weighted by atomic mass is 35.5. The van der Waals surface area contributed by atoms with Gasteiger partial charge in [-0.25, -0.2) is 4.98 Å². The Hall–Kier alpha value is -1.89. The highest BCUT2D eigenvalue weighted by Gasteiger charge is 2.40. The first-order chi connectivity index (χ1) is 12.1. The van der Waals surface area contributed by atoms with Gasteiger partial charge in [0.15, 0.2) is 5.79 Å². The van der Waals surface area contributed by atoms with Gasteiger partial charge in [-0.1, -0.05) is 17.7 Å². The van der Waals surface area contributed by atoms with E-state index in [-0.39, 0.29) is 5.79 Å². The van der Waals surface area contributed by atoms with E-state index in [0.29, 0.717) is 24.2 Å². The average molecular weight is 361 g/mol. The second-order valence-electron chi connectivity index (χ2n) is 6.42. The van der Waals surface area contributed by atoms with Crippen LogP contribution in [0.25, 0.3) is 0 Å². The number of halogens is 1. The Bertz CT molecular complexity index is 754. The largest absolute Gasteiger partial charge is 0.356 e. The van der Waals surface area contributed by atoms with Crippen molar-refractivity contribution in [1.82, 2.24) is 9.97 Å². The Morgan fingerprint density at radius 1 is 1.12 bits per heavy atom. The molecule has 0 amide bonds. The Kier molecular flexibility index (Phi) is 4.50. The van der Waals surface area contributed by atoms with Gasteiger partial charge in [0.25, 0.3) is 0 Å². The number of anilines is 3. The van der Waals surface area contributed by atoms with E-state index in [1.54, 1.807) is 0 Å². The molecule has 0 aliphatic carbocycles. The first kappa shape index (κ1) is 16.6. The van der Waals surface area contributed by atoms with E-state index in [4.69, 9.17) is 21.1 Å². The number of rotatable bonds is 3. The molecule has 1 aromatic carbocycles. The molecule has 1 aromatic heterocycles. The van der Waals surface area contributed by atoms with Crippen LogP contribution < -0.4 is 10.2 Å². The predicted octanol–water partition coefficient (Wildman–Crippen LogP) is 3.53. The summed E-state index contributed by atoms with van der Waals surface area (Å²) in [6.07, 6.45) is 1.71. The molecular weight excluding hydrogens is 340 g/mol. The minimum absolute atomic E-state index is 0.375. The number of ether oxygens (including phenoxy) is 2. The number of piperidine rings is 1. The topological polar surface area (TPSA) is 59.5 Å². The maximum absolute atomic E-state index is 6.04. The smallest absolute Gasteiger partial charge is 0.229 e. The molecule has 0 saturated carbocycles. The minimum Gasteiger partial charge on any atom is -0.356 e. The van der Waals surface area contributed by atoms with Crippen molar-refractivity contribution in [1.29, 1.82) is 0 Å². The zero-order chi connectivity index (χ0) is 17.3. The first-order valence-corrected chi connectivity index (χ1v) is 8.91. The quantitative estimate of drug-likeness (QED) is 0.903. The van der Waals surface area contributed by atoms with Crippen LogP contribution in [0, 0.1) is 6.92 Å². The molecule has 25 heavy (non-hydrogen) atoms. The summed E-state index contributed by atoms with van der Waals surface area (Å²) in [5.74, 6) is 1.12. The molecule has 0 bridgehead atoms. The van der Waals surface area contributed by atoms with Crippen LogP contribution in [-0.4, -0.2) is 42.1 Å². The molecule has 132 valence electrons. The molecule has 1 N–H and O–H groups in total. The van der Waals surface area contributed by atoms with Gasteiger partial charge < -0.3 is 19.7 Å². The van der Waals surface area contributed by atoms with Crippen LogP contribution in [0.15, 0.2) is 30.3 Å². The van der Waals surface area contributed by atoms with Gasteiger partial charge in [-0.2, -0.15) is 4.98 Å². The fraction of sp³-hybridized carbons (Fsp3) is 0.444. The van der Waals surface area contributed by atoms with Gasteiger partial charge in [0.05, 0.1) is 13.2 Å². The summed E-state index contributed by atoms with van der Waals surface area (Å²) in [5, 5.41) is 3.91. The van der Waals surface area contributed by atoms with Gasteiger partial charge in [-0.05, 0) is 25.1 Å². The highest BCUT2D eigenvalue weighted by Crippen LogP contribution is 2.33. The number of hydrogen-bond donors (Lipinski definition) is 1. The fourth-order valence-corrected chi connectivity index (χ4v) is 3.52. The van der Waals surface area contributed by atoms with Gasteiger partial charge in [-0.3, -0.25) is 0 Å². The van der Waals surface area contributed by atoms with Crippen molar-refractivity contribution in [2.24, 2.45) is 0 Å². The van der Waals surface area contributed by atoms with Crippen LogP contribution in [-0.2, 0) is 9.47 Å². The Balaban J connectivity index is 1.50. The Morgan fingerprint density at radius 2 is 1.88 bits per heavy atom. The molecule has 7 heteroatoms. The molecule has 2 aliphatic heterocycles. The summed E-state index contributed by atoms with van der Waals surface area (Å²) < 4.78 is 11.6. The zero-order valence-corrected chi connectivity index (χ0v) is 14.9. The average Bonchev–Trinajstić information content (AvgIpc) is 3.03. The fourth-order valence-electron chi connectivity index (χ4n) is 3.33. The summed E-state index contributed by atoms with van der Waals surface area (Å²) in [4.78, 5) is 11.4. The van der Waals surface area contributed by atoms with E-state index in [2.05, 4.69) is 20.2 Å². The lowest BCUT2D eigenvalue weighted by atomic mass is 10.0. The minimum atomic E-state index is -0.375. The number of hydrogen-bond acceptors (Lipinski definition) is 6. The summed E-state index contributed by atoms with van der Waals surface area (Å²) in [6, 6.07) is 9.54. The van der Waals surface area contributed by atoms with Crippen molar-refractivity contribution in [3.8, 4) is 0 Å². The summed E-state index contributed by atoms with van der Waals surface area (Å²) in [7, 11) is 0. The first-order valence-electron chi connectivity index (χ1n) is 8.53. The molecule has 0 unspecified atom stereocenters. The van der Waals surface area contributed by atoms with Crippen LogP contribution in [0.2, 0.25) is 5.02 Å². The second kappa shape index (κ2) is 6.78. The van der Waals surface area contributed by atoms with E-state index in [0.717, 1.165) is 43.1 Å². The van der Waals surface area contributed by atoms with Gasteiger partial charge in [0.1, 0.15) is 5.82 Å².